The molecule has 0 amide bonds. The lowest BCUT2D eigenvalue weighted by atomic mass is 10.0. The number of rotatable bonds is 7. The molecule has 72 valence electrons. The van der Waals surface area contributed by atoms with Crippen molar-refractivity contribution in [1.82, 2.24) is 0 Å². The van der Waals surface area contributed by atoms with Crippen molar-refractivity contribution < 1.29 is 0 Å². The first-order valence-electron chi connectivity index (χ1n) is 5.03. The first-order valence-corrected chi connectivity index (χ1v) is 5.03. The third-order valence-electron chi connectivity index (χ3n) is 2.06. The van der Waals surface area contributed by atoms with E-state index in [4.69, 9.17) is 5.73 Å². The summed E-state index contributed by atoms with van der Waals surface area (Å²) in [7, 11) is 0. The standard InChI is InChI=1S/C11H23N/c1-10(2)6-4-5-7-11(3)8-9-12/h10H,3-9,12H2,1-2H3. The van der Waals surface area contributed by atoms with Gasteiger partial charge in [-0.15, -0.1) is 0 Å². The Hall–Kier alpha value is -0.300. The number of hydrogen-bond donors (Lipinski definition) is 1. The van der Waals surface area contributed by atoms with Gasteiger partial charge in [0.25, 0.3) is 0 Å². The Bertz CT molecular complexity index is 116. The van der Waals surface area contributed by atoms with Crippen LogP contribution in [0.2, 0.25) is 0 Å². The normalized spacial score (nSPS) is 10.7. The Morgan fingerprint density at radius 1 is 1.25 bits per heavy atom. The smallest absolute Gasteiger partial charge is 0.00400 e. The predicted molar refractivity (Wildman–Crippen MR) is 56.1 cm³/mol. The van der Waals surface area contributed by atoms with Crippen molar-refractivity contribution >= 4 is 0 Å². The molecule has 0 saturated carbocycles. The fourth-order valence-electron chi connectivity index (χ4n) is 1.26. The van der Waals surface area contributed by atoms with E-state index in [0.29, 0.717) is 0 Å². The molecule has 0 aliphatic heterocycles. The summed E-state index contributed by atoms with van der Waals surface area (Å²) in [6, 6.07) is 0. The number of hydrogen-bond acceptors (Lipinski definition) is 1. The molecule has 0 rings (SSSR count). The number of unbranched alkanes of at least 4 members (excludes halogenated alkanes) is 1. The van der Waals surface area contributed by atoms with Crippen LogP contribution in [0.5, 0.6) is 0 Å². The molecule has 0 aliphatic rings. The van der Waals surface area contributed by atoms with Crippen LogP contribution in [0, 0.1) is 5.92 Å². The first-order chi connectivity index (χ1) is 5.66. The summed E-state index contributed by atoms with van der Waals surface area (Å²) in [5.74, 6) is 0.841. The molecule has 0 atom stereocenters. The van der Waals surface area contributed by atoms with Crippen LogP contribution in [0.4, 0.5) is 0 Å². The quantitative estimate of drug-likeness (QED) is 0.460. The van der Waals surface area contributed by atoms with E-state index in [0.717, 1.165) is 18.9 Å². The van der Waals surface area contributed by atoms with Gasteiger partial charge in [-0.25, -0.2) is 0 Å². The summed E-state index contributed by atoms with van der Waals surface area (Å²) in [6.45, 7) is 9.28. The van der Waals surface area contributed by atoms with E-state index in [1.165, 1.54) is 31.3 Å². The van der Waals surface area contributed by atoms with Gasteiger partial charge in [0.2, 0.25) is 0 Å². The van der Waals surface area contributed by atoms with E-state index >= 15 is 0 Å². The molecule has 0 bridgehead atoms. The summed E-state index contributed by atoms with van der Waals surface area (Å²) in [5.41, 5.74) is 6.74. The van der Waals surface area contributed by atoms with Crippen molar-refractivity contribution in [2.45, 2.75) is 46.0 Å². The van der Waals surface area contributed by atoms with Crippen LogP contribution >= 0.6 is 0 Å². The van der Waals surface area contributed by atoms with Gasteiger partial charge in [-0.1, -0.05) is 38.8 Å². The lowest BCUT2D eigenvalue weighted by molar-refractivity contribution is 0.535. The van der Waals surface area contributed by atoms with Crippen LogP contribution in [-0.4, -0.2) is 6.54 Å². The Labute approximate surface area is 77.0 Å². The van der Waals surface area contributed by atoms with Crippen molar-refractivity contribution in [3.63, 3.8) is 0 Å². The highest BCUT2D eigenvalue weighted by Crippen LogP contribution is 2.12. The van der Waals surface area contributed by atoms with Crippen molar-refractivity contribution in [2.75, 3.05) is 6.54 Å². The van der Waals surface area contributed by atoms with Crippen LogP contribution < -0.4 is 5.73 Å². The largest absolute Gasteiger partial charge is 0.330 e. The topological polar surface area (TPSA) is 26.0 Å². The minimum Gasteiger partial charge on any atom is -0.330 e. The maximum absolute atomic E-state index is 5.42. The molecule has 0 aromatic carbocycles. The third-order valence-corrected chi connectivity index (χ3v) is 2.06. The Kier molecular flexibility index (Phi) is 7.17. The first kappa shape index (κ1) is 11.7. The SMILES string of the molecule is C=C(CCN)CCCCC(C)C. The van der Waals surface area contributed by atoms with Gasteiger partial charge in [0, 0.05) is 0 Å². The van der Waals surface area contributed by atoms with E-state index < -0.39 is 0 Å². The summed E-state index contributed by atoms with van der Waals surface area (Å²) >= 11 is 0. The zero-order valence-corrected chi connectivity index (χ0v) is 8.60. The lowest BCUT2D eigenvalue weighted by Crippen LogP contribution is -1.99. The van der Waals surface area contributed by atoms with Gasteiger partial charge in [-0.2, -0.15) is 0 Å². The lowest BCUT2D eigenvalue weighted by Gasteiger charge is -2.05. The van der Waals surface area contributed by atoms with E-state index in [2.05, 4.69) is 20.4 Å². The molecule has 0 saturated heterocycles. The van der Waals surface area contributed by atoms with E-state index in [-0.39, 0.29) is 0 Å². The van der Waals surface area contributed by atoms with Gasteiger partial charge < -0.3 is 5.73 Å². The third kappa shape index (κ3) is 7.80. The molecule has 1 heteroatoms. The maximum atomic E-state index is 5.42. The Morgan fingerprint density at radius 2 is 1.92 bits per heavy atom. The highest BCUT2D eigenvalue weighted by atomic mass is 14.5. The molecular weight excluding hydrogens is 146 g/mol. The van der Waals surface area contributed by atoms with Gasteiger partial charge in [0.05, 0.1) is 0 Å². The second-order valence-corrected chi connectivity index (χ2v) is 3.93. The minimum absolute atomic E-state index is 0.753. The molecule has 1 nitrogen and oxygen atoms in total. The Balaban J connectivity index is 3.14. The van der Waals surface area contributed by atoms with Crippen molar-refractivity contribution in [1.29, 1.82) is 0 Å². The van der Waals surface area contributed by atoms with Gasteiger partial charge in [-0.05, 0) is 31.7 Å². The number of nitrogens with two attached hydrogens (primary N) is 1. The molecule has 0 aliphatic carbocycles. The van der Waals surface area contributed by atoms with Gasteiger partial charge >= 0.3 is 0 Å². The molecule has 0 heterocycles. The fraction of sp³-hybridized carbons (Fsp3) is 0.818. The van der Waals surface area contributed by atoms with Crippen LogP contribution in [0.1, 0.15) is 46.0 Å². The average molecular weight is 169 g/mol. The van der Waals surface area contributed by atoms with Crippen LogP contribution in [0.15, 0.2) is 12.2 Å². The zero-order chi connectivity index (χ0) is 9.40. The van der Waals surface area contributed by atoms with E-state index in [9.17, 15) is 0 Å². The van der Waals surface area contributed by atoms with Crippen LogP contribution in [-0.2, 0) is 0 Å². The second-order valence-electron chi connectivity index (χ2n) is 3.93. The predicted octanol–water partition coefficient (Wildman–Crippen LogP) is 3.11. The monoisotopic (exact) mass is 169 g/mol. The molecule has 12 heavy (non-hydrogen) atoms. The zero-order valence-electron chi connectivity index (χ0n) is 8.60. The molecule has 0 aromatic rings. The van der Waals surface area contributed by atoms with E-state index in [1.54, 1.807) is 0 Å². The highest BCUT2D eigenvalue weighted by molar-refractivity contribution is 4.93. The highest BCUT2D eigenvalue weighted by Gasteiger charge is 1.96. The van der Waals surface area contributed by atoms with Gasteiger partial charge in [0.1, 0.15) is 0 Å². The van der Waals surface area contributed by atoms with Gasteiger partial charge in [-0.3, -0.25) is 0 Å². The Morgan fingerprint density at radius 3 is 2.42 bits per heavy atom. The van der Waals surface area contributed by atoms with Crippen molar-refractivity contribution in [3.05, 3.63) is 12.2 Å². The molecule has 0 radical (unpaired) electrons. The summed E-state index contributed by atoms with van der Waals surface area (Å²) < 4.78 is 0. The molecule has 0 unspecified atom stereocenters. The molecule has 0 aromatic heterocycles. The molecule has 0 fully saturated rings. The van der Waals surface area contributed by atoms with Crippen molar-refractivity contribution in [3.8, 4) is 0 Å². The maximum Gasteiger partial charge on any atom is -0.00400 e. The summed E-state index contributed by atoms with van der Waals surface area (Å²) in [6.07, 6.45) is 6.14. The average Bonchev–Trinajstić information content (AvgIpc) is 1.98. The molecular formula is C11H23N. The van der Waals surface area contributed by atoms with Crippen molar-refractivity contribution in [2.24, 2.45) is 11.7 Å². The summed E-state index contributed by atoms with van der Waals surface area (Å²) in [5, 5.41) is 0. The minimum atomic E-state index is 0.753. The fourth-order valence-corrected chi connectivity index (χ4v) is 1.26. The van der Waals surface area contributed by atoms with Crippen LogP contribution in [0.3, 0.4) is 0 Å². The summed E-state index contributed by atoms with van der Waals surface area (Å²) in [4.78, 5) is 0. The second kappa shape index (κ2) is 7.35. The molecule has 0 spiro atoms. The van der Waals surface area contributed by atoms with Crippen LogP contribution in [0.25, 0.3) is 0 Å². The van der Waals surface area contributed by atoms with E-state index in [1.807, 2.05) is 0 Å². The molecule has 2 N–H and O–H groups in total. The van der Waals surface area contributed by atoms with Gasteiger partial charge in [0.15, 0.2) is 0 Å².